The van der Waals surface area contributed by atoms with Crippen LogP contribution >= 0.6 is 11.8 Å². The van der Waals surface area contributed by atoms with E-state index in [4.69, 9.17) is 5.11 Å². The fourth-order valence-electron chi connectivity index (χ4n) is 1.50. The number of pyridine rings is 1. The summed E-state index contributed by atoms with van der Waals surface area (Å²) in [5.74, 6) is -0.337. The molecule has 0 aliphatic heterocycles. The number of hydrogen-bond acceptors (Lipinski definition) is 4. The monoisotopic (exact) mass is 252 g/mol. The van der Waals surface area contributed by atoms with E-state index in [9.17, 15) is 9.90 Å². The smallest absolute Gasteiger partial charge is 0.355 e. The molecule has 0 aromatic carbocycles. The predicted octanol–water partition coefficient (Wildman–Crippen LogP) is 1.51. The average molecular weight is 252 g/mol. The summed E-state index contributed by atoms with van der Waals surface area (Å²) in [5, 5.41) is 18.4. The normalized spacial score (nSPS) is 10.9. The molecule has 0 bridgehead atoms. The van der Waals surface area contributed by atoms with E-state index in [0.717, 1.165) is 0 Å². The molecular weight excluding hydrogens is 240 g/mol. The average Bonchev–Trinajstić information content (AvgIpc) is 2.67. The summed E-state index contributed by atoms with van der Waals surface area (Å²) in [6.45, 7) is 0.1000. The van der Waals surface area contributed by atoms with Crippen LogP contribution in [-0.4, -0.2) is 37.9 Å². The lowest BCUT2D eigenvalue weighted by atomic mass is 10.4. The first kappa shape index (κ1) is 11.9. The van der Waals surface area contributed by atoms with E-state index in [2.05, 4.69) is 4.98 Å². The first-order chi connectivity index (χ1) is 8.24. The zero-order valence-corrected chi connectivity index (χ0v) is 9.85. The molecule has 0 aliphatic rings. The van der Waals surface area contributed by atoms with Crippen LogP contribution in [0.1, 0.15) is 16.9 Å². The molecule has 0 radical (unpaired) electrons. The molecule has 2 aromatic heterocycles. The molecule has 0 amide bonds. The first-order valence-corrected chi connectivity index (χ1v) is 6.16. The van der Waals surface area contributed by atoms with Gasteiger partial charge in [0, 0.05) is 18.6 Å². The highest BCUT2D eigenvalue weighted by molar-refractivity contribution is 7.99. The quantitative estimate of drug-likeness (QED) is 0.623. The number of imidazole rings is 1. The maximum Gasteiger partial charge on any atom is 0.355 e. The van der Waals surface area contributed by atoms with Crippen molar-refractivity contribution in [3.05, 3.63) is 30.1 Å². The number of carboxylic acid groups (broad SMARTS) is 1. The fourth-order valence-corrected chi connectivity index (χ4v) is 2.45. The molecule has 0 fully saturated rings. The van der Waals surface area contributed by atoms with E-state index in [1.54, 1.807) is 22.7 Å². The molecule has 0 aliphatic carbocycles. The number of carbonyl (C=O) groups is 1. The number of aromatic nitrogens is 2. The van der Waals surface area contributed by atoms with Gasteiger partial charge in [0.05, 0.1) is 0 Å². The van der Waals surface area contributed by atoms with Gasteiger partial charge >= 0.3 is 5.97 Å². The zero-order valence-electron chi connectivity index (χ0n) is 9.04. The third-order valence-corrected chi connectivity index (χ3v) is 3.29. The van der Waals surface area contributed by atoms with Crippen LogP contribution in [0.4, 0.5) is 0 Å². The van der Waals surface area contributed by atoms with Crippen molar-refractivity contribution in [3.8, 4) is 0 Å². The second-order valence-electron chi connectivity index (χ2n) is 3.43. The second-order valence-corrected chi connectivity index (χ2v) is 4.51. The van der Waals surface area contributed by atoms with E-state index in [1.165, 1.54) is 11.8 Å². The Morgan fingerprint density at radius 2 is 2.29 bits per heavy atom. The number of aliphatic hydroxyl groups excluding tert-OH is 1. The molecule has 2 rings (SSSR count). The molecule has 6 heteroatoms. The van der Waals surface area contributed by atoms with Crippen molar-refractivity contribution in [2.75, 3.05) is 12.4 Å². The SMILES string of the molecule is O=C(O)c1c(SCCCO)nc2ccccn12. The van der Waals surface area contributed by atoms with Crippen molar-refractivity contribution < 1.29 is 15.0 Å². The largest absolute Gasteiger partial charge is 0.476 e. The topological polar surface area (TPSA) is 74.8 Å². The van der Waals surface area contributed by atoms with Crippen LogP contribution in [0.15, 0.2) is 29.4 Å². The van der Waals surface area contributed by atoms with Crippen LogP contribution in [0.3, 0.4) is 0 Å². The molecule has 2 heterocycles. The van der Waals surface area contributed by atoms with Gasteiger partial charge in [-0.2, -0.15) is 0 Å². The van der Waals surface area contributed by atoms with Gasteiger partial charge in [-0.1, -0.05) is 6.07 Å². The Labute approximate surface area is 102 Å². The Morgan fingerprint density at radius 1 is 1.47 bits per heavy atom. The van der Waals surface area contributed by atoms with Crippen molar-refractivity contribution in [1.82, 2.24) is 9.38 Å². The molecule has 0 saturated heterocycles. The van der Waals surface area contributed by atoms with Gasteiger partial charge in [-0.15, -0.1) is 11.8 Å². The highest BCUT2D eigenvalue weighted by Gasteiger charge is 2.18. The highest BCUT2D eigenvalue weighted by atomic mass is 32.2. The van der Waals surface area contributed by atoms with E-state index < -0.39 is 5.97 Å². The Bertz CT molecular complexity index is 538. The molecule has 0 spiro atoms. The summed E-state index contributed by atoms with van der Waals surface area (Å²) in [7, 11) is 0. The number of fused-ring (bicyclic) bond motifs is 1. The number of carboxylic acids is 1. The number of nitrogens with zero attached hydrogens (tertiary/aromatic N) is 2. The molecule has 2 aromatic rings. The van der Waals surface area contributed by atoms with Crippen molar-refractivity contribution in [2.45, 2.75) is 11.4 Å². The fraction of sp³-hybridized carbons (Fsp3) is 0.273. The minimum Gasteiger partial charge on any atom is -0.476 e. The van der Waals surface area contributed by atoms with Gasteiger partial charge in [0.15, 0.2) is 5.69 Å². The lowest BCUT2D eigenvalue weighted by molar-refractivity contribution is 0.0685. The van der Waals surface area contributed by atoms with Gasteiger partial charge < -0.3 is 10.2 Å². The Morgan fingerprint density at radius 3 is 3.00 bits per heavy atom. The van der Waals surface area contributed by atoms with Gasteiger partial charge in [-0.25, -0.2) is 9.78 Å². The second kappa shape index (κ2) is 5.20. The lowest BCUT2D eigenvalue weighted by Gasteiger charge is -1.98. The summed E-state index contributed by atoms with van der Waals surface area (Å²) in [5.41, 5.74) is 0.805. The van der Waals surface area contributed by atoms with Gasteiger partial charge in [0.25, 0.3) is 0 Å². The molecule has 0 saturated carbocycles. The van der Waals surface area contributed by atoms with E-state index >= 15 is 0 Å². The maximum absolute atomic E-state index is 11.2. The van der Waals surface area contributed by atoms with Crippen LogP contribution in [0.2, 0.25) is 0 Å². The van der Waals surface area contributed by atoms with E-state index in [0.29, 0.717) is 22.8 Å². The first-order valence-electron chi connectivity index (χ1n) is 5.18. The van der Waals surface area contributed by atoms with Crippen molar-refractivity contribution in [3.63, 3.8) is 0 Å². The number of aromatic carboxylic acids is 1. The van der Waals surface area contributed by atoms with Crippen LogP contribution in [-0.2, 0) is 0 Å². The third-order valence-electron chi connectivity index (χ3n) is 2.24. The van der Waals surface area contributed by atoms with Crippen molar-refractivity contribution >= 4 is 23.4 Å². The number of aliphatic hydroxyl groups is 1. The Hall–Kier alpha value is -1.53. The molecule has 0 unspecified atom stereocenters. The maximum atomic E-state index is 11.2. The summed E-state index contributed by atoms with van der Waals surface area (Å²) >= 11 is 1.35. The predicted molar refractivity (Wildman–Crippen MR) is 64.6 cm³/mol. The molecule has 0 atom stereocenters. The Balaban J connectivity index is 2.39. The highest BCUT2D eigenvalue weighted by Crippen LogP contribution is 2.24. The summed E-state index contributed by atoms with van der Waals surface area (Å²) in [4.78, 5) is 15.5. The van der Waals surface area contributed by atoms with Crippen LogP contribution < -0.4 is 0 Å². The van der Waals surface area contributed by atoms with Gasteiger partial charge in [-0.3, -0.25) is 4.40 Å². The van der Waals surface area contributed by atoms with E-state index in [-0.39, 0.29) is 12.3 Å². The lowest BCUT2D eigenvalue weighted by Crippen LogP contribution is -2.03. The van der Waals surface area contributed by atoms with Crippen LogP contribution in [0, 0.1) is 0 Å². The zero-order chi connectivity index (χ0) is 12.3. The van der Waals surface area contributed by atoms with Crippen molar-refractivity contribution in [2.24, 2.45) is 0 Å². The standard InChI is InChI=1S/C11H12N2O3S/c14-6-3-7-17-10-9(11(15)16)13-5-2-1-4-8(13)12-10/h1-2,4-5,14H,3,6-7H2,(H,15,16). The molecule has 17 heavy (non-hydrogen) atoms. The molecule has 2 N–H and O–H groups in total. The van der Waals surface area contributed by atoms with Gasteiger partial charge in [-0.05, 0) is 18.6 Å². The van der Waals surface area contributed by atoms with Crippen LogP contribution in [0.5, 0.6) is 0 Å². The summed E-state index contributed by atoms with van der Waals surface area (Å²) in [6, 6.07) is 5.35. The molecule has 5 nitrogen and oxygen atoms in total. The number of thioether (sulfide) groups is 1. The Kier molecular flexibility index (Phi) is 3.65. The molecule has 90 valence electrons. The minimum absolute atomic E-state index is 0.1000. The summed E-state index contributed by atoms with van der Waals surface area (Å²) < 4.78 is 1.56. The number of rotatable bonds is 5. The minimum atomic E-state index is -0.991. The van der Waals surface area contributed by atoms with Gasteiger partial charge in [0.1, 0.15) is 10.7 Å². The molecular formula is C11H12N2O3S. The summed E-state index contributed by atoms with van der Waals surface area (Å²) in [6.07, 6.45) is 2.31. The van der Waals surface area contributed by atoms with Crippen molar-refractivity contribution in [1.29, 1.82) is 0 Å². The van der Waals surface area contributed by atoms with Gasteiger partial charge in [0.2, 0.25) is 0 Å². The number of hydrogen-bond donors (Lipinski definition) is 2. The van der Waals surface area contributed by atoms with E-state index in [1.807, 2.05) is 6.07 Å². The third kappa shape index (κ3) is 2.42. The van der Waals surface area contributed by atoms with Crippen LogP contribution in [0.25, 0.3) is 5.65 Å².